The molecule has 1 aromatic heterocycles. The molecule has 0 saturated carbocycles. The number of carbonyl (C=O) groups excluding carboxylic acids is 2. The smallest absolute Gasteiger partial charge is 0.279 e. The van der Waals surface area contributed by atoms with Crippen LogP contribution in [0.4, 0.5) is 0 Å². The number of rotatable bonds is 4. The van der Waals surface area contributed by atoms with E-state index in [1.807, 2.05) is 13.0 Å². The monoisotopic (exact) mass is 358 g/mol. The first kappa shape index (κ1) is 17.5. The van der Waals surface area contributed by atoms with E-state index in [0.29, 0.717) is 22.8 Å². The van der Waals surface area contributed by atoms with Gasteiger partial charge in [0, 0.05) is 10.4 Å². The van der Waals surface area contributed by atoms with E-state index in [1.54, 1.807) is 24.3 Å². The fourth-order valence-corrected chi connectivity index (χ4v) is 4.04. The highest BCUT2D eigenvalue weighted by atomic mass is 32.1. The Morgan fingerprint density at radius 2 is 1.76 bits per heavy atom. The quantitative estimate of drug-likeness (QED) is 0.649. The molecule has 0 bridgehead atoms. The Hall–Kier alpha value is -2.34. The van der Waals surface area contributed by atoms with Crippen molar-refractivity contribution in [3.63, 3.8) is 0 Å². The van der Waals surface area contributed by atoms with Crippen molar-refractivity contribution in [1.29, 1.82) is 0 Å². The second-order valence-corrected chi connectivity index (χ2v) is 7.12. The molecule has 0 unspecified atom stereocenters. The molecule has 1 aromatic carbocycles. The molecule has 132 valence electrons. The van der Waals surface area contributed by atoms with Crippen LogP contribution in [0.1, 0.15) is 56.7 Å². The summed E-state index contributed by atoms with van der Waals surface area (Å²) in [6.07, 6.45) is 5.70. The van der Waals surface area contributed by atoms with Gasteiger partial charge in [-0.1, -0.05) is 6.42 Å². The third-order valence-corrected chi connectivity index (χ3v) is 5.42. The highest BCUT2D eigenvalue weighted by molar-refractivity contribution is 7.14. The maximum Gasteiger partial charge on any atom is 0.279 e. The zero-order valence-electron chi connectivity index (χ0n) is 14.3. The van der Waals surface area contributed by atoms with Gasteiger partial charge in [-0.3, -0.25) is 20.4 Å². The van der Waals surface area contributed by atoms with Gasteiger partial charge in [-0.05, 0) is 68.5 Å². The molecule has 25 heavy (non-hydrogen) atoms. The van der Waals surface area contributed by atoms with Crippen LogP contribution in [0.3, 0.4) is 0 Å². The minimum absolute atomic E-state index is 0.266. The second kappa shape index (κ2) is 8.16. The first-order valence-corrected chi connectivity index (χ1v) is 9.44. The average Bonchev–Trinajstić information content (AvgIpc) is 2.91. The molecular formula is C19H22N2O3S. The van der Waals surface area contributed by atoms with Crippen molar-refractivity contribution in [1.82, 2.24) is 10.9 Å². The first-order valence-electron chi connectivity index (χ1n) is 8.62. The summed E-state index contributed by atoms with van der Waals surface area (Å²) in [7, 11) is 0. The van der Waals surface area contributed by atoms with Crippen molar-refractivity contribution in [2.45, 2.75) is 39.0 Å². The molecule has 0 radical (unpaired) electrons. The van der Waals surface area contributed by atoms with Crippen LogP contribution in [0.25, 0.3) is 0 Å². The van der Waals surface area contributed by atoms with Gasteiger partial charge in [0.2, 0.25) is 0 Å². The van der Waals surface area contributed by atoms with E-state index in [2.05, 4.69) is 10.9 Å². The number of hydrazine groups is 1. The Kier molecular flexibility index (Phi) is 5.71. The summed E-state index contributed by atoms with van der Waals surface area (Å²) in [5.74, 6) is 0.0926. The zero-order valence-corrected chi connectivity index (χ0v) is 15.1. The van der Waals surface area contributed by atoms with Crippen LogP contribution < -0.4 is 15.6 Å². The Bertz CT molecular complexity index is 729. The van der Waals surface area contributed by atoms with Gasteiger partial charge in [0.05, 0.1) is 11.5 Å². The predicted molar refractivity (Wildman–Crippen MR) is 98.1 cm³/mol. The van der Waals surface area contributed by atoms with Gasteiger partial charge in [-0.25, -0.2) is 0 Å². The fourth-order valence-electron chi connectivity index (χ4n) is 2.90. The topological polar surface area (TPSA) is 67.4 Å². The van der Waals surface area contributed by atoms with Crippen LogP contribution in [-0.2, 0) is 12.8 Å². The van der Waals surface area contributed by atoms with Crippen LogP contribution in [0.5, 0.6) is 5.75 Å². The third kappa shape index (κ3) is 4.39. The van der Waals surface area contributed by atoms with Gasteiger partial charge in [-0.2, -0.15) is 0 Å². The Balaban J connectivity index is 1.57. The fraction of sp³-hybridized carbons (Fsp3) is 0.368. The molecule has 5 nitrogen and oxygen atoms in total. The van der Waals surface area contributed by atoms with Gasteiger partial charge < -0.3 is 4.74 Å². The van der Waals surface area contributed by atoms with Crippen molar-refractivity contribution in [3.8, 4) is 5.75 Å². The van der Waals surface area contributed by atoms with Crippen molar-refractivity contribution in [3.05, 3.63) is 51.2 Å². The summed E-state index contributed by atoms with van der Waals surface area (Å²) < 4.78 is 5.35. The number of ether oxygens (including phenoxy) is 1. The summed E-state index contributed by atoms with van der Waals surface area (Å²) in [6, 6.07) is 8.76. The van der Waals surface area contributed by atoms with Gasteiger partial charge in [0.15, 0.2) is 0 Å². The Morgan fingerprint density at radius 3 is 2.52 bits per heavy atom. The molecule has 6 heteroatoms. The van der Waals surface area contributed by atoms with Gasteiger partial charge in [-0.15, -0.1) is 11.3 Å². The number of hydrogen-bond donors (Lipinski definition) is 2. The van der Waals surface area contributed by atoms with Gasteiger partial charge in [0.1, 0.15) is 5.75 Å². The number of benzene rings is 1. The summed E-state index contributed by atoms with van der Waals surface area (Å²) in [6.45, 7) is 2.48. The molecule has 0 fully saturated rings. The van der Waals surface area contributed by atoms with Gasteiger partial charge >= 0.3 is 0 Å². The molecule has 3 rings (SSSR count). The molecule has 2 amide bonds. The summed E-state index contributed by atoms with van der Waals surface area (Å²) in [5, 5.41) is 0. The number of aryl methyl sites for hydroxylation is 2. The predicted octanol–water partition coefficient (Wildman–Crippen LogP) is 3.49. The van der Waals surface area contributed by atoms with E-state index < -0.39 is 0 Å². The summed E-state index contributed by atoms with van der Waals surface area (Å²) >= 11 is 1.53. The lowest BCUT2D eigenvalue weighted by atomic mass is 10.1. The molecule has 0 atom stereocenters. The standard InChI is InChI=1S/C19H22N2O3S/c1-2-24-15-10-8-13(9-11-15)18(22)20-21-19(23)17-12-14-6-4-3-5-7-16(14)25-17/h8-12H,2-7H2,1H3,(H,20,22)(H,21,23). The number of amides is 2. The average molecular weight is 358 g/mol. The first-order chi connectivity index (χ1) is 12.2. The number of carbonyl (C=O) groups is 2. The van der Waals surface area contributed by atoms with Crippen LogP contribution >= 0.6 is 11.3 Å². The summed E-state index contributed by atoms with van der Waals surface area (Å²) in [4.78, 5) is 26.4. The van der Waals surface area contributed by atoms with Crippen molar-refractivity contribution in [2.24, 2.45) is 0 Å². The normalized spacial score (nSPS) is 13.5. The SMILES string of the molecule is CCOc1ccc(C(=O)NNC(=O)c2cc3c(s2)CCCCC3)cc1. The lowest BCUT2D eigenvalue weighted by molar-refractivity contribution is 0.0849. The lowest BCUT2D eigenvalue weighted by Crippen LogP contribution is -2.41. The highest BCUT2D eigenvalue weighted by Crippen LogP contribution is 2.28. The molecular weight excluding hydrogens is 336 g/mol. The van der Waals surface area contributed by atoms with E-state index in [1.165, 1.54) is 41.0 Å². The van der Waals surface area contributed by atoms with Crippen molar-refractivity contribution >= 4 is 23.2 Å². The van der Waals surface area contributed by atoms with Crippen LogP contribution in [-0.4, -0.2) is 18.4 Å². The molecule has 0 spiro atoms. The third-order valence-electron chi connectivity index (χ3n) is 4.19. The maximum absolute atomic E-state index is 12.3. The molecule has 1 aliphatic carbocycles. The van der Waals surface area contributed by atoms with E-state index in [0.717, 1.165) is 12.8 Å². The van der Waals surface area contributed by atoms with Gasteiger partial charge in [0.25, 0.3) is 11.8 Å². The number of nitrogens with one attached hydrogen (secondary N) is 2. The second-order valence-electron chi connectivity index (χ2n) is 5.99. The van der Waals surface area contributed by atoms with E-state index in [-0.39, 0.29) is 11.8 Å². The van der Waals surface area contributed by atoms with Crippen LogP contribution in [0, 0.1) is 0 Å². The number of hydrogen-bond acceptors (Lipinski definition) is 4. The summed E-state index contributed by atoms with van der Waals surface area (Å²) in [5.41, 5.74) is 6.72. The van der Waals surface area contributed by atoms with E-state index in [4.69, 9.17) is 4.74 Å². The van der Waals surface area contributed by atoms with Crippen molar-refractivity contribution < 1.29 is 14.3 Å². The molecule has 1 aliphatic rings. The lowest BCUT2D eigenvalue weighted by Gasteiger charge is -2.07. The largest absolute Gasteiger partial charge is 0.494 e. The Labute approximate surface area is 151 Å². The van der Waals surface area contributed by atoms with E-state index >= 15 is 0 Å². The molecule has 0 aliphatic heterocycles. The minimum atomic E-state index is -0.352. The zero-order chi connectivity index (χ0) is 17.6. The number of thiophene rings is 1. The van der Waals surface area contributed by atoms with E-state index in [9.17, 15) is 9.59 Å². The van der Waals surface area contributed by atoms with Crippen LogP contribution in [0.15, 0.2) is 30.3 Å². The van der Waals surface area contributed by atoms with Crippen LogP contribution in [0.2, 0.25) is 0 Å². The molecule has 1 heterocycles. The number of fused-ring (bicyclic) bond motifs is 1. The Morgan fingerprint density at radius 1 is 1.04 bits per heavy atom. The molecule has 0 saturated heterocycles. The highest BCUT2D eigenvalue weighted by Gasteiger charge is 2.17. The maximum atomic E-state index is 12.3. The molecule has 2 aromatic rings. The minimum Gasteiger partial charge on any atom is -0.494 e. The molecule has 2 N–H and O–H groups in total. The van der Waals surface area contributed by atoms with Crippen molar-refractivity contribution in [2.75, 3.05) is 6.61 Å².